The van der Waals surface area contributed by atoms with Crippen molar-refractivity contribution >= 4 is 29.2 Å². The average molecular weight is 468 g/mol. The fraction of sp³-hybridized carbons (Fsp3) is 0.423. The molecule has 4 rings (SSSR count). The fourth-order valence-corrected chi connectivity index (χ4v) is 5.29. The Balaban J connectivity index is 1.83. The summed E-state index contributed by atoms with van der Waals surface area (Å²) in [7, 11) is 3.87. The predicted octanol–water partition coefficient (Wildman–Crippen LogP) is 3.44. The van der Waals surface area contributed by atoms with Gasteiger partial charge in [0, 0.05) is 25.8 Å². The van der Waals surface area contributed by atoms with Crippen LogP contribution in [0, 0.1) is 17.7 Å². The van der Waals surface area contributed by atoms with E-state index in [1.807, 2.05) is 50.2 Å². The zero-order chi connectivity index (χ0) is 24.6. The van der Waals surface area contributed by atoms with Crippen LogP contribution in [0.3, 0.4) is 0 Å². The quantitative estimate of drug-likeness (QED) is 0.497. The molecule has 2 aromatic rings. The van der Waals surface area contributed by atoms with Gasteiger partial charge in [0.05, 0.1) is 24.1 Å². The number of nitrogens with one attached hydrogen (secondary N) is 1. The van der Waals surface area contributed by atoms with Gasteiger partial charge >= 0.3 is 5.97 Å². The molecular weight excluding hydrogens is 437 g/mol. The molecule has 0 radical (unpaired) electrons. The Hall–Kier alpha value is -3.26. The minimum absolute atomic E-state index is 0.162. The molecule has 8 heteroatoms. The van der Waals surface area contributed by atoms with Crippen molar-refractivity contribution in [2.45, 2.75) is 38.3 Å². The number of ether oxygens (including phenoxy) is 1. The van der Waals surface area contributed by atoms with Gasteiger partial charge in [0.15, 0.2) is 0 Å². The summed E-state index contributed by atoms with van der Waals surface area (Å²) in [4.78, 5) is 43.9. The van der Waals surface area contributed by atoms with Crippen LogP contribution in [0.5, 0.6) is 0 Å². The van der Waals surface area contributed by atoms with E-state index in [-0.39, 0.29) is 6.61 Å². The Morgan fingerprint density at radius 2 is 1.71 bits per heavy atom. The first-order chi connectivity index (χ1) is 16.2. The van der Waals surface area contributed by atoms with E-state index < -0.39 is 47.0 Å². The highest BCUT2D eigenvalue weighted by atomic mass is 19.1. The maximum absolute atomic E-state index is 13.8. The smallest absolute Gasteiger partial charge is 0.327 e. The topological polar surface area (TPSA) is 79.0 Å². The first-order valence-corrected chi connectivity index (χ1v) is 11.6. The Morgan fingerprint density at radius 1 is 1.06 bits per heavy atom. The van der Waals surface area contributed by atoms with Crippen LogP contribution in [0.25, 0.3) is 0 Å². The summed E-state index contributed by atoms with van der Waals surface area (Å²) in [6, 6.07) is 12.4. The molecule has 34 heavy (non-hydrogen) atoms. The number of hydrogen-bond donors (Lipinski definition) is 1. The maximum atomic E-state index is 13.8. The molecule has 2 aromatic carbocycles. The molecule has 0 saturated carbocycles. The van der Waals surface area contributed by atoms with Crippen molar-refractivity contribution < 1.29 is 23.5 Å². The molecule has 2 amide bonds. The number of nitrogens with zero attached hydrogens (tertiary/aromatic N) is 2. The lowest BCUT2D eigenvalue weighted by atomic mass is 9.77. The van der Waals surface area contributed by atoms with Crippen LogP contribution >= 0.6 is 0 Å². The molecule has 1 N–H and O–H groups in total. The maximum Gasteiger partial charge on any atom is 0.327 e. The van der Waals surface area contributed by atoms with E-state index in [2.05, 4.69) is 5.32 Å². The molecule has 0 aliphatic carbocycles. The summed E-state index contributed by atoms with van der Waals surface area (Å²) in [5.41, 5.74) is 0.763. The molecule has 2 aliphatic heterocycles. The number of benzene rings is 2. The van der Waals surface area contributed by atoms with Gasteiger partial charge < -0.3 is 9.64 Å². The second-order valence-electron chi connectivity index (χ2n) is 9.04. The van der Waals surface area contributed by atoms with Crippen molar-refractivity contribution in [1.29, 1.82) is 0 Å². The third-order valence-corrected chi connectivity index (χ3v) is 6.79. The van der Waals surface area contributed by atoms with Crippen molar-refractivity contribution in [2.24, 2.45) is 11.8 Å². The largest absolute Gasteiger partial charge is 0.465 e. The van der Waals surface area contributed by atoms with Crippen LogP contribution in [0.1, 0.15) is 38.3 Å². The Kier molecular flexibility index (Phi) is 6.45. The Bertz CT molecular complexity index is 1090. The van der Waals surface area contributed by atoms with E-state index in [4.69, 9.17) is 4.74 Å². The van der Waals surface area contributed by atoms with Gasteiger partial charge in [-0.3, -0.25) is 19.7 Å². The lowest BCUT2D eigenvalue weighted by molar-refractivity contribution is -0.155. The van der Waals surface area contributed by atoms with Gasteiger partial charge in [-0.15, -0.1) is 0 Å². The number of carbonyl (C=O) groups excluding carboxylic acids is 3. The summed E-state index contributed by atoms with van der Waals surface area (Å²) in [5, 5.41) is 3.38. The van der Waals surface area contributed by atoms with Crippen LogP contribution in [0.15, 0.2) is 48.5 Å². The van der Waals surface area contributed by atoms with Gasteiger partial charge in [-0.05, 0) is 55.3 Å². The summed E-state index contributed by atoms with van der Waals surface area (Å²) >= 11 is 0. The molecule has 0 spiro atoms. The van der Waals surface area contributed by atoms with E-state index in [0.717, 1.165) is 16.2 Å². The molecule has 2 saturated heterocycles. The van der Waals surface area contributed by atoms with Crippen LogP contribution in [0.4, 0.5) is 15.8 Å². The summed E-state index contributed by atoms with van der Waals surface area (Å²) in [6.07, 6.45) is 0.953. The van der Waals surface area contributed by atoms with E-state index >= 15 is 0 Å². The zero-order valence-electron chi connectivity index (χ0n) is 19.9. The van der Waals surface area contributed by atoms with Gasteiger partial charge in [0.1, 0.15) is 11.4 Å². The highest BCUT2D eigenvalue weighted by molar-refractivity contribution is 6.24. The molecule has 0 unspecified atom stereocenters. The van der Waals surface area contributed by atoms with Gasteiger partial charge in [0.25, 0.3) is 0 Å². The highest BCUT2D eigenvalue weighted by Crippen LogP contribution is 2.51. The number of esters is 1. The van der Waals surface area contributed by atoms with Crippen molar-refractivity contribution in [3.05, 3.63) is 59.9 Å². The average Bonchev–Trinajstić information content (AvgIpc) is 3.29. The second kappa shape index (κ2) is 9.18. The van der Waals surface area contributed by atoms with Crippen molar-refractivity contribution in [2.75, 3.05) is 30.5 Å². The first kappa shape index (κ1) is 23.9. The van der Waals surface area contributed by atoms with E-state index in [1.165, 1.54) is 24.3 Å². The molecule has 180 valence electrons. The van der Waals surface area contributed by atoms with E-state index in [0.29, 0.717) is 18.5 Å². The number of imide groups is 1. The molecule has 0 bridgehead atoms. The van der Waals surface area contributed by atoms with Crippen LogP contribution in [-0.4, -0.2) is 44.0 Å². The SMILES string of the molecule is CCC[C@]1(C(=O)OCC)N[C@@H](c2ccc(N(C)C)cc2)[C@H]2C(=O)N(c3ccc(F)cc3)C(=O)[C@@H]21. The Labute approximate surface area is 198 Å². The fourth-order valence-electron chi connectivity index (χ4n) is 5.29. The van der Waals surface area contributed by atoms with Crippen molar-refractivity contribution in [3.8, 4) is 0 Å². The molecule has 2 aliphatic rings. The molecule has 7 nitrogen and oxygen atoms in total. The molecular formula is C26H30FN3O4. The molecule has 4 atom stereocenters. The highest BCUT2D eigenvalue weighted by Gasteiger charge is 2.68. The summed E-state index contributed by atoms with van der Waals surface area (Å²) < 4.78 is 18.9. The standard InChI is InChI=1S/C26H30FN3O4/c1-5-15-26(25(33)34-6-2)21-20(22(28-26)16-7-11-18(12-8-16)29(3)4)23(31)30(24(21)32)19-13-9-17(27)10-14-19/h7-14,20-22,28H,5-6,15H2,1-4H3/t20-,21+,22-,26-/m0/s1. The molecule has 2 heterocycles. The van der Waals surface area contributed by atoms with Crippen molar-refractivity contribution in [1.82, 2.24) is 5.32 Å². The molecule has 2 fully saturated rings. The van der Waals surface area contributed by atoms with Gasteiger partial charge in [-0.1, -0.05) is 25.5 Å². The number of hydrogen-bond acceptors (Lipinski definition) is 6. The monoisotopic (exact) mass is 467 g/mol. The van der Waals surface area contributed by atoms with Crippen LogP contribution < -0.4 is 15.1 Å². The number of fused-ring (bicyclic) bond motifs is 1. The third-order valence-electron chi connectivity index (χ3n) is 6.79. The van der Waals surface area contributed by atoms with Gasteiger partial charge in [-0.25, -0.2) is 9.29 Å². The first-order valence-electron chi connectivity index (χ1n) is 11.6. The van der Waals surface area contributed by atoms with E-state index in [1.54, 1.807) is 6.92 Å². The zero-order valence-corrected chi connectivity index (χ0v) is 19.9. The van der Waals surface area contributed by atoms with Crippen LogP contribution in [0.2, 0.25) is 0 Å². The third kappa shape index (κ3) is 3.76. The van der Waals surface area contributed by atoms with Crippen molar-refractivity contribution in [3.63, 3.8) is 0 Å². The Morgan fingerprint density at radius 3 is 2.26 bits per heavy atom. The van der Waals surface area contributed by atoms with Gasteiger partial charge in [-0.2, -0.15) is 0 Å². The minimum atomic E-state index is -1.33. The second-order valence-corrected chi connectivity index (χ2v) is 9.04. The summed E-state index contributed by atoms with van der Waals surface area (Å²) in [6.45, 7) is 3.80. The minimum Gasteiger partial charge on any atom is -0.465 e. The number of carbonyl (C=O) groups is 3. The predicted molar refractivity (Wildman–Crippen MR) is 127 cm³/mol. The van der Waals surface area contributed by atoms with Gasteiger partial charge in [0.2, 0.25) is 11.8 Å². The normalized spacial score (nSPS) is 26.0. The number of rotatable bonds is 7. The lowest BCUT2D eigenvalue weighted by Crippen LogP contribution is -2.56. The van der Waals surface area contributed by atoms with Crippen LogP contribution in [-0.2, 0) is 19.1 Å². The number of anilines is 2. The summed E-state index contributed by atoms with van der Waals surface area (Å²) in [5.74, 6) is -3.58. The lowest BCUT2D eigenvalue weighted by Gasteiger charge is -2.32. The molecule has 0 aromatic heterocycles. The van der Waals surface area contributed by atoms with E-state index in [9.17, 15) is 18.8 Å². The number of halogens is 1. The number of amides is 2.